The molecule has 2 aliphatic rings. The molecule has 0 heterocycles. The minimum absolute atomic E-state index is 0.304. The molecule has 4 nitrogen and oxygen atoms in total. The largest absolute Gasteiger partial charge is 0.444 e. The van der Waals surface area contributed by atoms with Gasteiger partial charge in [-0.05, 0) is 58.3 Å². The molecule has 24 heavy (non-hydrogen) atoms. The normalized spacial score (nSPS) is 28.8. The predicted octanol–water partition coefficient (Wildman–Crippen LogP) is 4.63. The van der Waals surface area contributed by atoms with Crippen LogP contribution in [-0.2, 0) is 4.74 Å². The number of amides is 1. The van der Waals surface area contributed by atoms with Crippen molar-refractivity contribution in [2.24, 2.45) is 11.8 Å². The van der Waals surface area contributed by atoms with Gasteiger partial charge in [-0.2, -0.15) is 0 Å². The molecule has 0 aromatic rings. The molecule has 0 spiro atoms. The van der Waals surface area contributed by atoms with Crippen LogP contribution in [0.2, 0.25) is 0 Å². The zero-order chi connectivity index (χ0) is 17.6. The lowest BCUT2D eigenvalue weighted by molar-refractivity contribution is 0.0518. The van der Waals surface area contributed by atoms with Crippen molar-refractivity contribution >= 4 is 6.09 Å². The molecule has 0 aromatic heterocycles. The molecule has 2 aliphatic carbocycles. The Morgan fingerprint density at radius 2 is 1.83 bits per heavy atom. The monoisotopic (exact) mass is 338 g/mol. The van der Waals surface area contributed by atoms with E-state index in [1.807, 2.05) is 20.8 Å². The number of carbonyl (C=O) groups excluding carboxylic acids is 1. The van der Waals surface area contributed by atoms with Crippen molar-refractivity contribution in [2.75, 3.05) is 6.54 Å². The van der Waals surface area contributed by atoms with E-state index in [2.05, 4.69) is 17.6 Å². The number of ether oxygens (including phenoxy) is 1. The van der Waals surface area contributed by atoms with E-state index in [0.29, 0.717) is 18.6 Å². The Bertz CT molecular complexity index is 392. The number of fused-ring (bicyclic) bond motifs is 1. The Balaban J connectivity index is 1.77. The van der Waals surface area contributed by atoms with Crippen LogP contribution in [0.5, 0.6) is 0 Å². The highest BCUT2D eigenvalue weighted by atomic mass is 16.6. The Labute approximate surface area is 148 Å². The number of carbonyl (C=O) groups is 1. The summed E-state index contributed by atoms with van der Waals surface area (Å²) in [5.41, 5.74) is -0.433. The van der Waals surface area contributed by atoms with Gasteiger partial charge in [-0.3, -0.25) is 0 Å². The summed E-state index contributed by atoms with van der Waals surface area (Å²) in [4.78, 5) is 11.9. The fourth-order valence-electron chi connectivity index (χ4n) is 4.47. The van der Waals surface area contributed by atoms with Crippen LogP contribution in [0.3, 0.4) is 0 Å². The Morgan fingerprint density at radius 3 is 2.50 bits per heavy atom. The highest BCUT2D eigenvalue weighted by molar-refractivity contribution is 5.67. The molecule has 0 aromatic carbocycles. The Morgan fingerprint density at radius 1 is 1.12 bits per heavy atom. The summed E-state index contributed by atoms with van der Waals surface area (Å²) >= 11 is 0. The number of rotatable bonds is 6. The Hall–Kier alpha value is -0.770. The van der Waals surface area contributed by atoms with E-state index in [1.165, 1.54) is 44.9 Å². The third kappa shape index (κ3) is 6.62. The second-order valence-electron chi connectivity index (χ2n) is 8.85. The topological polar surface area (TPSA) is 50.4 Å². The minimum Gasteiger partial charge on any atom is -0.444 e. The lowest BCUT2D eigenvalue weighted by Crippen LogP contribution is -2.48. The van der Waals surface area contributed by atoms with Crippen molar-refractivity contribution < 1.29 is 9.53 Å². The molecule has 4 atom stereocenters. The van der Waals surface area contributed by atoms with Gasteiger partial charge in [0.1, 0.15) is 5.60 Å². The van der Waals surface area contributed by atoms with Crippen molar-refractivity contribution in [3.8, 4) is 0 Å². The molecule has 2 saturated carbocycles. The quantitative estimate of drug-likeness (QED) is 0.742. The summed E-state index contributed by atoms with van der Waals surface area (Å²) in [5, 5.41) is 6.78. The molecule has 4 unspecified atom stereocenters. The van der Waals surface area contributed by atoms with Crippen molar-refractivity contribution in [2.45, 2.75) is 103 Å². The van der Waals surface area contributed by atoms with Gasteiger partial charge in [-0.1, -0.05) is 39.0 Å². The van der Waals surface area contributed by atoms with E-state index >= 15 is 0 Å². The first-order valence-corrected chi connectivity index (χ1v) is 10.1. The molecule has 0 saturated heterocycles. The summed E-state index contributed by atoms with van der Waals surface area (Å²) in [5.74, 6) is 1.92. The van der Waals surface area contributed by atoms with Crippen molar-refractivity contribution in [3.63, 3.8) is 0 Å². The highest BCUT2D eigenvalue weighted by Gasteiger charge is 2.32. The summed E-state index contributed by atoms with van der Waals surface area (Å²) in [7, 11) is 0. The number of hydrogen-bond acceptors (Lipinski definition) is 3. The van der Waals surface area contributed by atoms with Gasteiger partial charge >= 0.3 is 6.09 Å². The van der Waals surface area contributed by atoms with Crippen molar-refractivity contribution in [1.29, 1.82) is 0 Å². The molecule has 4 heteroatoms. The van der Waals surface area contributed by atoms with Gasteiger partial charge in [0, 0.05) is 18.6 Å². The van der Waals surface area contributed by atoms with Crippen LogP contribution in [-0.4, -0.2) is 30.3 Å². The van der Waals surface area contributed by atoms with Gasteiger partial charge in [0.25, 0.3) is 0 Å². The van der Waals surface area contributed by atoms with Gasteiger partial charge in [-0.15, -0.1) is 0 Å². The smallest absolute Gasteiger partial charge is 0.407 e. The van der Waals surface area contributed by atoms with Crippen LogP contribution in [0.4, 0.5) is 4.79 Å². The van der Waals surface area contributed by atoms with Crippen molar-refractivity contribution in [3.05, 3.63) is 0 Å². The van der Waals surface area contributed by atoms with Gasteiger partial charge in [0.2, 0.25) is 0 Å². The highest BCUT2D eigenvalue weighted by Crippen LogP contribution is 2.40. The molecule has 140 valence electrons. The maximum absolute atomic E-state index is 11.9. The van der Waals surface area contributed by atoms with Gasteiger partial charge < -0.3 is 15.4 Å². The number of nitrogens with one attached hydrogen (secondary N) is 2. The van der Waals surface area contributed by atoms with Crippen LogP contribution in [0.25, 0.3) is 0 Å². The molecule has 2 rings (SSSR count). The number of hydrogen-bond donors (Lipinski definition) is 2. The zero-order valence-corrected chi connectivity index (χ0v) is 16.2. The molecular formula is C20H38N2O2. The number of alkyl carbamates (subject to hydrolysis) is 1. The molecule has 2 fully saturated rings. The third-order valence-electron chi connectivity index (χ3n) is 5.54. The van der Waals surface area contributed by atoms with E-state index < -0.39 is 5.60 Å². The zero-order valence-electron chi connectivity index (χ0n) is 16.2. The molecule has 2 N–H and O–H groups in total. The molecule has 0 bridgehead atoms. The second-order valence-corrected chi connectivity index (χ2v) is 8.85. The fourth-order valence-corrected chi connectivity index (χ4v) is 4.47. The van der Waals surface area contributed by atoms with Gasteiger partial charge in [0.05, 0.1) is 0 Å². The molecule has 1 amide bonds. The fraction of sp³-hybridized carbons (Fsp3) is 0.950. The average molecular weight is 339 g/mol. The summed E-state index contributed by atoms with van der Waals surface area (Å²) in [6.07, 6.45) is 11.7. The summed E-state index contributed by atoms with van der Waals surface area (Å²) in [6.45, 7) is 8.57. The van der Waals surface area contributed by atoms with E-state index in [-0.39, 0.29) is 6.09 Å². The van der Waals surface area contributed by atoms with Crippen LogP contribution >= 0.6 is 0 Å². The first-order chi connectivity index (χ1) is 11.4. The van der Waals surface area contributed by atoms with E-state index in [1.54, 1.807) is 0 Å². The lowest BCUT2D eigenvalue weighted by Gasteiger charge is -2.40. The maximum Gasteiger partial charge on any atom is 0.407 e. The summed E-state index contributed by atoms with van der Waals surface area (Å²) in [6, 6.07) is 0.981. The molecular weight excluding hydrogens is 300 g/mol. The SMILES string of the molecule is CCCC(CNC(=O)OC(C)(C)C)NC1CCC2CCCCC2C1. The second kappa shape index (κ2) is 9.07. The third-order valence-corrected chi connectivity index (χ3v) is 5.54. The lowest BCUT2D eigenvalue weighted by atomic mass is 9.69. The molecule has 0 aliphatic heterocycles. The van der Waals surface area contributed by atoms with E-state index in [9.17, 15) is 4.79 Å². The predicted molar refractivity (Wildman–Crippen MR) is 99.2 cm³/mol. The van der Waals surface area contributed by atoms with Crippen molar-refractivity contribution in [1.82, 2.24) is 10.6 Å². The Kier molecular flexibility index (Phi) is 7.39. The molecule has 0 radical (unpaired) electrons. The van der Waals surface area contributed by atoms with E-state index in [4.69, 9.17) is 4.74 Å². The average Bonchev–Trinajstić information content (AvgIpc) is 2.51. The van der Waals surface area contributed by atoms with Gasteiger partial charge in [0.15, 0.2) is 0 Å². The first kappa shape index (κ1) is 19.6. The first-order valence-electron chi connectivity index (χ1n) is 10.1. The van der Waals surface area contributed by atoms with E-state index in [0.717, 1.165) is 24.7 Å². The maximum atomic E-state index is 11.9. The van der Waals surface area contributed by atoms with Crippen LogP contribution < -0.4 is 10.6 Å². The van der Waals surface area contributed by atoms with Crippen LogP contribution in [0.15, 0.2) is 0 Å². The minimum atomic E-state index is -0.433. The van der Waals surface area contributed by atoms with Crippen LogP contribution in [0, 0.1) is 11.8 Å². The van der Waals surface area contributed by atoms with Gasteiger partial charge in [-0.25, -0.2) is 4.79 Å². The standard InChI is InChI=1S/C20H38N2O2/c1-5-8-18(14-21-19(23)24-20(2,3)4)22-17-12-11-15-9-6-7-10-16(15)13-17/h15-18,22H,5-14H2,1-4H3,(H,21,23). The summed E-state index contributed by atoms with van der Waals surface area (Å²) < 4.78 is 5.35. The van der Waals surface area contributed by atoms with Crippen LogP contribution in [0.1, 0.15) is 85.5 Å².